The van der Waals surface area contributed by atoms with E-state index in [1.54, 1.807) is 6.92 Å². The highest BCUT2D eigenvalue weighted by Crippen LogP contribution is 2.34. The van der Waals surface area contributed by atoms with E-state index in [2.05, 4.69) is 9.46 Å². The molecular formula is C22H23NO6S. The Kier molecular flexibility index (Phi) is 6.40. The van der Waals surface area contributed by atoms with Gasteiger partial charge in [0.15, 0.2) is 0 Å². The van der Waals surface area contributed by atoms with Crippen LogP contribution in [0, 0.1) is 0 Å². The summed E-state index contributed by atoms with van der Waals surface area (Å²) in [4.78, 5) is 11.5. The molecular weight excluding hydrogens is 406 g/mol. The van der Waals surface area contributed by atoms with Crippen molar-refractivity contribution in [3.05, 3.63) is 89.7 Å². The van der Waals surface area contributed by atoms with Crippen molar-refractivity contribution in [1.82, 2.24) is 4.72 Å². The summed E-state index contributed by atoms with van der Waals surface area (Å²) < 4.78 is 37.3. The molecule has 0 saturated carbocycles. The predicted octanol–water partition coefficient (Wildman–Crippen LogP) is 2.93. The van der Waals surface area contributed by atoms with Gasteiger partial charge < -0.3 is 14.3 Å². The van der Waals surface area contributed by atoms with Crippen molar-refractivity contribution >= 4 is 16.0 Å². The molecule has 0 radical (unpaired) electrons. The molecule has 1 atom stereocenters. The molecule has 158 valence electrons. The molecule has 0 aliphatic heterocycles. The minimum atomic E-state index is -4.10. The summed E-state index contributed by atoms with van der Waals surface area (Å²) in [5.41, 5.74) is 0.228. The highest BCUT2D eigenvalue weighted by atomic mass is 32.2. The zero-order valence-electron chi connectivity index (χ0n) is 16.6. The Balaban J connectivity index is 1.86. The van der Waals surface area contributed by atoms with E-state index in [0.29, 0.717) is 0 Å². The summed E-state index contributed by atoms with van der Waals surface area (Å²) in [5.74, 6) is -1.49. The van der Waals surface area contributed by atoms with Crippen molar-refractivity contribution in [2.24, 2.45) is 0 Å². The molecule has 0 fully saturated rings. The maximum Gasteiger partial charge on any atom is 0.374 e. The summed E-state index contributed by atoms with van der Waals surface area (Å²) in [7, 11) is -2.93. The second-order valence-corrected chi connectivity index (χ2v) is 8.74. The van der Waals surface area contributed by atoms with E-state index in [1.807, 2.05) is 60.7 Å². The SMILES string of the molecule is COC(=O)c1ccc(S(=O)(=O)NC[C@](C)(O)C(c2ccccc2)c2ccccc2)o1. The molecule has 1 aromatic heterocycles. The van der Waals surface area contributed by atoms with Crippen LogP contribution in [-0.4, -0.2) is 38.7 Å². The predicted molar refractivity (Wildman–Crippen MR) is 111 cm³/mol. The number of hydrogen-bond donors (Lipinski definition) is 2. The number of rotatable bonds is 8. The zero-order chi connectivity index (χ0) is 21.8. The van der Waals surface area contributed by atoms with Crippen molar-refractivity contribution < 1.29 is 27.5 Å². The summed E-state index contributed by atoms with van der Waals surface area (Å²) in [5, 5.41) is 10.9. The van der Waals surface area contributed by atoms with Crippen LogP contribution in [0.15, 0.2) is 82.3 Å². The number of carbonyl (C=O) groups is 1. The van der Waals surface area contributed by atoms with Crippen molar-refractivity contribution in [3.8, 4) is 0 Å². The van der Waals surface area contributed by atoms with E-state index in [4.69, 9.17) is 4.42 Å². The van der Waals surface area contributed by atoms with E-state index < -0.39 is 32.6 Å². The number of nitrogens with one attached hydrogen (secondary N) is 1. The molecule has 0 unspecified atom stereocenters. The fourth-order valence-corrected chi connectivity index (χ4v) is 4.36. The van der Waals surface area contributed by atoms with Crippen LogP contribution >= 0.6 is 0 Å². The van der Waals surface area contributed by atoms with Gasteiger partial charge in [0.1, 0.15) is 0 Å². The first-order valence-corrected chi connectivity index (χ1v) is 10.7. The largest absolute Gasteiger partial charge is 0.463 e. The van der Waals surface area contributed by atoms with Gasteiger partial charge in [0.2, 0.25) is 10.9 Å². The van der Waals surface area contributed by atoms with E-state index >= 15 is 0 Å². The van der Waals surface area contributed by atoms with E-state index in [1.165, 1.54) is 13.2 Å². The zero-order valence-corrected chi connectivity index (χ0v) is 17.4. The smallest absolute Gasteiger partial charge is 0.374 e. The molecule has 7 nitrogen and oxygen atoms in total. The van der Waals surface area contributed by atoms with Gasteiger partial charge >= 0.3 is 5.97 Å². The molecule has 8 heteroatoms. The van der Waals surface area contributed by atoms with Gasteiger partial charge in [-0.3, -0.25) is 0 Å². The van der Waals surface area contributed by atoms with Gasteiger partial charge in [-0.1, -0.05) is 60.7 Å². The van der Waals surface area contributed by atoms with Gasteiger partial charge in [0.25, 0.3) is 10.0 Å². The number of carbonyl (C=O) groups excluding carboxylic acids is 1. The summed E-state index contributed by atoms with van der Waals surface area (Å²) >= 11 is 0. The van der Waals surface area contributed by atoms with Gasteiger partial charge in [-0.05, 0) is 30.2 Å². The lowest BCUT2D eigenvalue weighted by atomic mass is 9.78. The Labute approximate surface area is 175 Å². The molecule has 0 amide bonds. The van der Waals surface area contributed by atoms with Crippen molar-refractivity contribution in [2.45, 2.75) is 23.5 Å². The monoisotopic (exact) mass is 429 g/mol. The van der Waals surface area contributed by atoms with E-state index in [-0.39, 0.29) is 12.3 Å². The number of benzene rings is 2. The Hall–Kier alpha value is -2.94. The highest BCUT2D eigenvalue weighted by Gasteiger charge is 2.36. The molecule has 0 spiro atoms. The van der Waals surface area contributed by atoms with Gasteiger partial charge in [0, 0.05) is 12.5 Å². The Morgan fingerprint density at radius 2 is 1.57 bits per heavy atom. The molecule has 3 aromatic rings. The second-order valence-electron chi connectivity index (χ2n) is 7.05. The molecule has 0 saturated heterocycles. The topological polar surface area (TPSA) is 106 Å². The van der Waals surface area contributed by atoms with Crippen LogP contribution in [0.25, 0.3) is 0 Å². The summed E-state index contributed by atoms with van der Waals surface area (Å²) in [6, 6.07) is 21.1. The van der Waals surface area contributed by atoms with Crippen LogP contribution in [0.1, 0.15) is 34.5 Å². The number of furan rings is 1. The van der Waals surface area contributed by atoms with Crippen LogP contribution in [0.3, 0.4) is 0 Å². The third-order valence-electron chi connectivity index (χ3n) is 4.74. The average molecular weight is 429 g/mol. The number of methoxy groups -OCH3 is 1. The highest BCUT2D eigenvalue weighted by molar-refractivity contribution is 7.89. The molecule has 0 bridgehead atoms. The molecule has 0 aliphatic carbocycles. The van der Waals surface area contributed by atoms with Gasteiger partial charge in [-0.2, -0.15) is 0 Å². The fourth-order valence-electron chi connectivity index (χ4n) is 3.29. The third kappa shape index (κ3) is 4.79. The third-order valence-corrected chi connectivity index (χ3v) is 6.01. The Morgan fingerprint density at radius 1 is 1.03 bits per heavy atom. The number of hydrogen-bond acceptors (Lipinski definition) is 6. The first-order chi connectivity index (χ1) is 14.2. The average Bonchev–Trinajstić information content (AvgIpc) is 3.25. The molecule has 1 heterocycles. The van der Waals surface area contributed by atoms with Crippen molar-refractivity contribution in [1.29, 1.82) is 0 Å². The van der Waals surface area contributed by atoms with Crippen LogP contribution in [0.5, 0.6) is 0 Å². The second kappa shape index (κ2) is 8.83. The first-order valence-electron chi connectivity index (χ1n) is 9.25. The summed E-state index contributed by atoms with van der Waals surface area (Å²) in [6.07, 6.45) is 0. The molecule has 0 aliphatic rings. The minimum absolute atomic E-state index is 0.226. The molecule has 30 heavy (non-hydrogen) atoms. The van der Waals surface area contributed by atoms with Crippen molar-refractivity contribution in [2.75, 3.05) is 13.7 Å². The van der Waals surface area contributed by atoms with Crippen LogP contribution in [-0.2, 0) is 14.8 Å². The van der Waals surface area contributed by atoms with Crippen LogP contribution < -0.4 is 4.72 Å². The maximum absolute atomic E-state index is 12.6. The lowest BCUT2D eigenvalue weighted by Crippen LogP contribution is -2.45. The van der Waals surface area contributed by atoms with Gasteiger partial charge in [-0.25, -0.2) is 17.9 Å². The Bertz CT molecular complexity index is 1050. The molecule has 3 rings (SSSR count). The van der Waals surface area contributed by atoms with Gasteiger partial charge in [0.05, 0.1) is 12.7 Å². The molecule has 2 aromatic carbocycles. The maximum atomic E-state index is 12.6. The van der Waals surface area contributed by atoms with Crippen LogP contribution in [0.4, 0.5) is 0 Å². The fraction of sp³-hybridized carbons (Fsp3) is 0.227. The summed E-state index contributed by atoms with van der Waals surface area (Å²) in [6.45, 7) is 1.29. The normalized spacial score (nSPS) is 13.7. The quantitative estimate of drug-likeness (QED) is 0.534. The Morgan fingerprint density at radius 3 is 2.07 bits per heavy atom. The molecule has 2 N–H and O–H groups in total. The van der Waals surface area contributed by atoms with E-state index in [0.717, 1.165) is 17.2 Å². The lowest BCUT2D eigenvalue weighted by molar-refractivity contribution is 0.0478. The number of esters is 1. The van der Waals surface area contributed by atoms with E-state index in [9.17, 15) is 18.3 Å². The minimum Gasteiger partial charge on any atom is -0.463 e. The standard InChI is InChI=1S/C22H23NO6S/c1-22(25,15-23-30(26,27)19-14-13-18(29-19)21(24)28-2)20(16-9-5-3-6-10-16)17-11-7-4-8-12-17/h3-14,20,23,25H,15H2,1-2H3/t22-/m0/s1. The lowest BCUT2D eigenvalue weighted by Gasteiger charge is -2.34. The van der Waals surface area contributed by atoms with Crippen molar-refractivity contribution in [3.63, 3.8) is 0 Å². The number of ether oxygens (including phenoxy) is 1. The number of sulfonamides is 1. The first kappa shape index (κ1) is 21.8. The number of aliphatic hydroxyl groups is 1. The van der Waals surface area contributed by atoms with Gasteiger partial charge in [-0.15, -0.1) is 0 Å². The van der Waals surface area contributed by atoms with Crippen LogP contribution in [0.2, 0.25) is 0 Å².